The zero-order chi connectivity index (χ0) is 11.1. The van der Waals surface area contributed by atoms with Crippen LogP contribution in [0, 0.1) is 11.3 Å². The lowest BCUT2D eigenvalue weighted by Crippen LogP contribution is -1.98. The van der Waals surface area contributed by atoms with Crippen LogP contribution < -0.4 is 4.74 Å². The van der Waals surface area contributed by atoms with Crippen molar-refractivity contribution in [2.75, 3.05) is 13.4 Å². The molecular weight excluding hydrogens is 210 g/mol. The highest BCUT2D eigenvalue weighted by atomic mass is 32.2. The smallest absolute Gasteiger partial charge is 0.236 e. The van der Waals surface area contributed by atoms with Crippen molar-refractivity contribution in [3.05, 3.63) is 11.6 Å². The van der Waals surface area contributed by atoms with Gasteiger partial charge in [0.15, 0.2) is 0 Å². The molecule has 0 aromatic carbocycles. The van der Waals surface area contributed by atoms with Gasteiger partial charge in [-0.25, -0.2) is 0 Å². The van der Waals surface area contributed by atoms with Gasteiger partial charge >= 0.3 is 0 Å². The maximum Gasteiger partial charge on any atom is 0.236 e. The summed E-state index contributed by atoms with van der Waals surface area (Å²) in [6, 6.07) is 4.09. The number of hydrogen-bond donors (Lipinski definition) is 0. The molecule has 0 aliphatic carbocycles. The number of aromatic nitrogens is 2. The summed E-state index contributed by atoms with van der Waals surface area (Å²) in [5.41, 5.74) is 1.02. The van der Waals surface area contributed by atoms with E-state index in [2.05, 4.69) is 16.3 Å². The van der Waals surface area contributed by atoms with Crippen molar-refractivity contribution in [3.8, 4) is 11.9 Å². The van der Waals surface area contributed by atoms with E-state index in [0.717, 1.165) is 23.4 Å². The van der Waals surface area contributed by atoms with Crippen LogP contribution in [0.2, 0.25) is 0 Å². The first-order valence-electron chi connectivity index (χ1n) is 4.63. The summed E-state index contributed by atoms with van der Waals surface area (Å²) in [6.07, 6.45) is 4.14. The Hall–Kier alpha value is -1.28. The second kappa shape index (κ2) is 6.25. The van der Waals surface area contributed by atoms with E-state index in [1.165, 1.54) is 0 Å². The SMILES string of the molecule is COc1nnc(SC)cc1CCCC#N. The van der Waals surface area contributed by atoms with Gasteiger partial charge in [-0.15, -0.1) is 22.0 Å². The van der Waals surface area contributed by atoms with Crippen molar-refractivity contribution < 1.29 is 4.74 Å². The average Bonchev–Trinajstić information content (AvgIpc) is 2.29. The minimum Gasteiger partial charge on any atom is -0.480 e. The Bertz CT molecular complexity index is 362. The Morgan fingerprint density at radius 1 is 1.53 bits per heavy atom. The Kier molecular flexibility index (Phi) is 4.91. The molecule has 0 unspecified atom stereocenters. The summed E-state index contributed by atoms with van der Waals surface area (Å²) in [5.74, 6) is 0.561. The van der Waals surface area contributed by atoms with E-state index in [-0.39, 0.29) is 0 Å². The number of nitriles is 1. The lowest BCUT2D eigenvalue weighted by atomic mass is 10.1. The molecule has 0 N–H and O–H groups in total. The lowest BCUT2D eigenvalue weighted by Gasteiger charge is -2.06. The molecule has 4 nitrogen and oxygen atoms in total. The number of hydrogen-bond acceptors (Lipinski definition) is 5. The van der Waals surface area contributed by atoms with Gasteiger partial charge < -0.3 is 4.74 Å². The quantitative estimate of drug-likeness (QED) is 0.565. The van der Waals surface area contributed by atoms with Crippen LogP contribution in [0.3, 0.4) is 0 Å². The Labute approximate surface area is 93.7 Å². The highest BCUT2D eigenvalue weighted by molar-refractivity contribution is 7.98. The number of unbranched alkanes of at least 4 members (excludes halogenated alkanes) is 1. The summed E-state index contributed by atoms with van der Waals surface area (Å²) in [4.78, 5) is 0. The first-order valence-corrected chi connectivity index (χ1v) is 5.85. The van der Waals surface area contributed by atoms with E-state index in [0.29, 0.717) is 12.3 Å². The van der Waals surface area contributed by atoms with Gasteiger partial charge in [0.2, 0.25) is 5.88 Å². The summed E-state index contributed by atoms with van der Waals surface area (Å²) in [5, 5.41) is 17.3. The van der Waals surface area contributed by atoms with E-state index >= 15 is 0 Å². The van der Waals surface area contributed by atoms with E-state index in [9.17, 15) is 0 Å². The van der Waals surface area contributed by atoms with E-state index in [4.69, 9.17) is 10.00 Å². The number of nitrogens with zero attached hydrogens (tertiary/aromatic N) is 3. The molecule has 1 aromatic rings. The van der Waals surface area contributed by atoms with Crippen molar-refractivity contribution in [2.24, 2.45) is 0 Å². The molecule has 1 rings (SSSR count). The molecule has 80 valence electrons. The minimum atomic E-state index is 0.556. The van der Waals surface area contributed by atoms with Crippen LogP contribution in [0.15, 0.2) is 11.1 Å². The van der Waals surface area contributed by atoms with Gasteiger partial charge in [-0.1, -0.05) is 0 Å². The van der Waals surface area contributed by atoms with Gasteiger partial charge in [-0.2, -0.15) is 5.26 Å². The van der Waals surface area contributed by atoms with Crippen LogP contribution in [0.25, 0.3) is 0 Å². The predicted molar refractivity (Wildman–Crippen MR) is 58.9 cm³/mol. The van der Waals surface area contributed by atoms with Crippen LogP contribution in [0.1, 0.15) is 18.4 Å². The molecule has 1 heterocycles. The largest absolute Gasteiger partial charge is 0.480 e. The summed E-state index contributed by atoms with van der Waals surface area (Å²) in [7, 11) is 1.58. The van der Waals surface area contributed by atoms with Gasteiger partial charge in [0.1, 0.15) is 5.03 Å². The Balaban J connectivity index is 2.77. The second-order valence-corrected chi connectivity index (χ2v) is 3.76. The first-order chi connectivity index (χ1) is 7.31. The topological polar surface area (TPSA) is 58.8 Å². The number of aryl methyl sites for hydroxylation is 1. The summed E-state index contributed by atoms with van der Waals surface area (Å²) >= 11 is 1.55. The molecule has 0 fully saturated rings. The highest BCUT2D eigenvalue weighted by Gasteiger charge is 2.06. The standard InChI is InChI=1S/C10H13N3OS/c1-14-10-8(5-3-4-6-11)7-9(15-2)12-13-10/h7H,3-5H2,1-2H3. The maximum atomic E-state index is 8.46. The lowest BCUT2D eigenvalue weighted by molar-refractivity contribution is 0.384. The molecule has 0 amide bonds. The maximum absolute atomic E-state index is 8.46. The molecule has 0 saturated carbocycles. The molecular formula is C10H13N3OS. The molecule has 0 radical (unpaired) electrons. The Morgan fingerprint density at radius 2 is 2.33 bits per heavy atom. The van der Waals surface area contributed by atoms with Crippen LogP contribution in [0.4, 0.5) is 0 Å². The zero-order valence-electron chi connectivity index (χ0n) is 8.86. The van der Waals surface area contributed by atoms with E-state index < -0.39 is 0 Å². The Morgan fingerprint density at radius 3 is 2.93 bits per heavy atom. The van der Waals surface area contributed by atoms with E-state index in [1.807, 2.05) is 12.3 Å². The van der Waals surface area contributed by atoms with Crippen LogP contribution >= 0.6 is 11.8 Å². The fourth-order valence-corrected chi connectivity index (χ4v) is 1.59. The van der Waals surface area contributed by atoms with Gasteiger partial charge in [0.05, 0.1) is 13.2 Å². The molecule has 1 aromatic heterocycles. The van der Waals surface area contributed by atoms with Gasteiger partial charge in [-0.05, 0) is 25.2 Å². The van der Waals surface area contributed by atoms with Crippen molar-refractivity contribution in [3.63, 3.8) is 0 Å². The average molecular weight is 223 g/mol. The summed E-state index contributed by atoms with van der Waals surface area (Å²) < 4.78 is 5.11. The highest BCUT2D eigenvalue weighted by Crippen LogP contribution is 2.21. The van der Waals surface area contributed by atoms with Crippen LogP contribution in [-0.2, 0) is 6.42 Å². The van der Waals surface area contributed by atoms with Crippen molar-refractivity contribution in [2.45, 2.75) is 24.3 Å². The van der Waals surface area contributed by atoms with Crippen molar-refractivity contribution >= 4 is 11.8 Å². The molecule has 0 aliphatic heterocycles. The number of rotatable bonds is 5. The monoisotopic (exact) mass is 223 g/mol. The third-order valence-corrected chi connectivity index (χ3v) is 2.57. The molecule has 0 saturated heterocycles. The fraction of sp³-hybridized carbons (Fsp3) is 0.500. The van der Waals surface area contributed by atoms with Crippen LogP contribution in [-0.4, -0.2) is 23.6 Å². The molecule has 0 atom stereocenters. The minimum absolute atomic E-state index is 0.556. The number of methoxy groups -OCH3 is 1. The van der Waals surface area contributed by atoms with E-state index in [1.54, 1.807) is 18.9 Å². The molecule has 5 heteroatoms. The molecule has 0 spiro atoms. The van der Waals surface area contributed by atoms with Crippen molar-refractivity contribution in [1.82, 2.24) is 10.2 Å². The number of thioether (sulfide) groups is 1. The number of ether oxygens (including phenoxy) is 1. The first kappa shape index (κ1) is 11.8. The summed E-state index contributed by atoms with van der Waals surface area (Å²) in [6.45, 7) is 0. The third-order valence-electron chi connectivity index (χ3n) is 1.95. The predicted octanol–water partition coefficient (Wildman–Crippen LogP) is 2.05. The van der Waals surface area contributed by atoms with Gasteiger partial charge in [-0.3, -0.25) is 0 Å². The molecule has 15 heavy (non-hydrogen) atoms. The fourth-order valence-electron chi connectivity index (χ4n) is 1.21. The second-order valence-electron chi connectivity index (χ2n) is 2.93. The third kappa shape index (κ3) is 3.40. The zero-order valence-corrected chi connectivity index (χ0v) is 9.67. The molecule has 0 bridgehead atoms. The normalized spacial score (nSPS) is 9.67. The van der Waals surface area contributed by atoms with Gasteiger partial charge in [0.25, 0.3) is 0 Å². The molecule has 0 aliphatic rings. The van der Waals surface area contributed by atoms with Crippen molar-refractivity contribution in [1.29, 1.82) is 5.26 Å². The van der Waals surface area contributed by atoms with Gasteiger partial charge in [0, 0.05) is 12.0 Å². The van der Waals surface area contributed by atoms with Crippen LogP contribution in [0.5, 0.6) is 5.88 Å².